The van der Waals surface area contributed by atoms with Crippen molar-refractivity contribution < 1.29 is 4.79 Å². The van der Waals surface area contributed by atoms with Crippen LogP contribution in [0.1, 0.15) is 20.3 Å². The molecular weight excluding hydrogens is 138 g/mol. The van der Waals surface area contributed by atoms with E-state index >= 15 is 0 Å². The molecule has 0 saturated carbocycles. The largest absolute Gasteiger partial charge is 0.383 e. The van der Waals surface area contributed by atoms with Crippen LogP contribution in [0.2, 0.25) is 0 Å². The lowest BCUT2D eigenvalue weighted by atomic mass is 10.1. The molecule has 2 nitrogen and oxygen atoms in total. The van der Waals surface area contributed by atoms with E-state index in [1.807, 2.05) is 25.2 Å². The van der Waals surface area contributed by atoms with Crippen LogP contribution < -0.4 is 0 Å². The van der Waals surface area contributed by atoms with E-state index in [0.717, 1.165) is 18.3 Å². The van der Waals surface area contributed by atoms with Crippen molar-refractivity contribution in [1.29, 1.82) is 0 Å². The van der Waals surface area contributed by atoms with E-state index in [-0.39, 0.29) is 0 Å². The number of carbonyl (C=O) groups excluding carboxylic acids is 1. The van der Waals surface area contributed by atoms with Gasteiger partial charge in [-0.05, 0) is 12.3 Å². The molecule has 0 aliphatic rings. The fraction of sp³-hybridized carbons (Fsp3) is 0.667. The quantitative estimate of drug-likeness (QED) is 0.454. The molecule has 0 N–H and O–H groups in total. The minimum atomic E-state index is 0.548. The Bertz CT molecular complexity index is 148. The van der Waals surface area contributed by atoms with Crippen molar-refractivity contribution in [2.24, 2.45) is 5.92 Å². The zero-order chi connectivity index (χ0) is 8.85. The zero-order valence-corrected chi connectivity index (χ0v) is 7.79. The Morgan fingerprint density at radius 2 is 2.00 bits per heavy atom. The van der Waals surface area contributed by atoms with Crippen LogP contribution in [0.15, 0.2) is 11.8 Å². The van der Waals surface area contributed by atoms with E-state index in [1.165, 1.54) is 0 Å². The average Bonchev–Trinajstić information content (AvgIpc) is 1.84. The van der Waals surface area contributed by atoms with Gasteiger partial charge in [0.15, 0.2) is 0 Å². The molecule has 0 aliphatic heterocycles. The van der Waals surface area contributed by atoms with Crippen LogP contribution in [0.25, 0.3) is 0 Å². The van der Waals surface area contributed by atoms with Gasteiger partial charge in [-0.2, -0.15) is 0 Å². The summed E-state index contributed by atoms with van der Waals surface area (Å²) in [5, 5.41) is 0. The normalized spacial score (nSPS) is 11.9. The number of aldehydes is 1. The number of allylic oxidation sites excluding steroid dienone is 1. The topological polar surface area (TPSA) is 20.3 Å². The maximum absolute atomic E-state index is 10.5. The highest BCUT2D eigenvalue weighted by atomic mass is 16.1. The van der Waals surface area contributed by atoms with E-state index in [4.69, 9.17) is 0 Å². The maximum atomic E-state index is 10.5. The van der Waals surface area contributed by atoms with Gasteiger partial charge in [-0.1, -0.05) is 13.8 Å². The van der Waals surface area contributed by atoms with Crippen LogP contribution >= 0.6 is 0 Å². The molecule has 0 rings (SSSR count). The van der Waals surface area contributed by atoms with Crippen molar-refractivity contribution in [1.82, 2.24) is 4.90 Å². The summed E-state index contributed by atoms with van der Waals surface area (Å²) in [4.78, 5) is 12.4. The Labute approximate surface area is 68.9 Å². The Morgan fingerprint density at radius 3 is 2.27 bits per heavy atom. The van der Waals surface area contributed by atoms with Gasteiger partial charge in [0.1, 0.15) is 6.29 Å². The summed E-state index contributed by atoms with van der Waals surface area (Å²) < 4.78 is 0. The average molecular weight is 155 g/mol. The lowest BCUT2D eigenvalue weighted by Gasteiger charge is -2.08. The zero-order valence-electron chi connectivity index (χ0n) is 7.79. The minimum absolute atomic E-state index is 0.548. The second-order valence-electron chi connectivity index (χ2n) is 3.38. The van der Waals surface area contributed by atoms with Crippen molar-refractivity contribution in [3.05, 3.63) is 11.8 Å². The maximum Gasteiger partial charge on any atom is 0.147 e. The summed E-state index contributed by atoms with van der Waals surface area (Å²) in [5.41, 5.74) is 0.866. The van der Waals surface area contributed by atoms with Gasteiger partial charge in [-0.25, -0.2) is 0 Å². The Morgan fingerprint density at radius 1 is 1.45 bits per heavy atom. The van der Waals surface area contributed by atoms with Gasteiger partial charge in [-0.3, -0.25) is 4.79 Å². The number of hydrogen-bond acceptors (Lipinski definition) is 2. The van der Waals surface area contributed by atoms with Gasteiger partial charge in [0, 0.05) is 25.9 Å². The molecule has 0 fully saturated rings. The van der Waals surface area contributed by atoms with Gasteiger partial charge in [0.25, 0.3) is 0 Å². The monoisotopic (exact) mass is 155 g/mol. The fourth-order valence-corrected chi connectivity index (χ4v) is 0.934. The van der Waals surface area contributed by atoms with Crippen molar-refractivity contribution in [3.8, 4) is 0 Å². The van der Waals surface area contributed by atoms with Gasteiger partial charge < -0.3 is 4.90 Å². The van der Waals surface area contributed by atoms with Gasteiger partial charge in [-0.15, -0.1) is 0 Å². The first kappa shape index (κ1) is 10.2. The van der Waals surface area contributed by atoms with Crippen LogP contribution in [0, 0.1) is 5.92 Å². The molecule has 0 saturated heterocycles. The van der Waals surface area contributed by atoms with E-state index in [2.05, 4.69) is 13.8 Å². The number of hydrogen-bond donors (Lipinski definition) is 0. The second kappa shape index (κ2) is 4.94. The van der Waals surface area contributed by atoms with Crippen LogP contribution in [0.5, 0.6) is 0 Å². The molecule has 0 spiro atoms. The molecule has 0 heterocycles. The van der Waals surface area contributed by atoms with Crippen molar-refractivity contribution >= 4 is 6.29 Å². The third-order valence-corrected chi connectivity index (χ3v) is 1.22. The molecule has 0 radical (unpaired) electrons. The highest BCUT2D eigenvalue weighted by molar-refractivity contribution is 5.72. The van der Waals surface area contributed by atoms with E-state index in [9.17, 15) is 4.79 Å². The molecule has 0 amide bonds. The first-order valence-electron chi connectivity index (χ1n) is 3.88. The first-order valence-corrected chi connectivity index (χ1v) is 3.88. The molecule has 0 aromatic carbocycles. The number of nitrogens with zero attached hydrogens (tertiary/aromatic N) is 1. The Hall–Kier alpha value is -0.790. The van der Waals surface area contributed by atoms with Crippen LogP contribution in [0.4, 0.5) is 0 Å². The van der Waals surface area contributed by atoms with Gasteiger partial charge in [0.05, 0.1) is 0 Å². The molecule has 0 aliphatic carbocycles. The number of rotatable bonds is 4. The summed E-state index contributed by atoms with van der Waals surface area (Å²) in [5.74, 6) is 0.548. The molecule has 64 valence electrons. The van der Waals surface area contributed by atoms with Crippen molar-refractivity contribution in [2.45, 2.75) is 20.3 Å². The SMILES string of the molecule is CC(C)C/C(C=O)=C/N(C)C. The molecular formula is C9H17NO. The molecule has 0 unspecified atom stereocenters. The highest BCUT2D eigenvalue weighted by Crippen LogP contribution is 2.08. The summed E-state index contributed by atoms with van der Waals surface area (Å²) in [6.45, 7) is 4.21. The fourth-order valence-electron chi connectivity index (χ4n) is 0.934. The Kier molecular flexibility index (Phi) is 4.59. The lowest BCUT2D eigenvalue weighted by molar-refractivity contribution is -0.105. The first-order chi connectivity index (χ1) is 5.06. The van der Waals surface area contributed by atoms with E-state index in [1.54, 1.807) is 0 Å². The highest BCUT2D eigenvalue weighted by Gasteiger charge is 1.99. The van der Waals surface area contributed by atoms with Crippen LogP contribution in [-0.4, -0.2) is 25.3 Å². The van der Waals surface area contributed by atoms with E-state index < -0.39 is 0 Å². The standard InChI is InChI=1S/C9H17NO/c1-8(2)5-9(7-11)6-10(3)4/h6-8H,5H2,1-4H3/b9-6-. The van der Waals surface area contributed by atoms with Crippen molar-refractivity contribution in [2.75, 3.05) is 14.1 Å². The predicted octanol–water partition coefficient (Wildman–Crippen LogP) is 1.68. The molecule has 2 heteroatoms. The molecule has 11 heavy (non-hydrogen) atoms. The van der Waals surface area contributed by atoms with Crippen LogP contribution in [0.3, 0.4) is 0 Å². The summed E-state index contributed by atoms with van der Waals surface area (Å²) in [7, 11) is 3.84. The Balaban J connectivity index is 4.05. The molecule has 0 aromatic rings. The van der Waals surface area contributed by atoms with Crippen molar-refractivity contribution in [3.63, 3.8) is 0 Å². The molecule has 0 atom stereocenters. The molecule has 0 aromatic heterocycles. The van der Waals surface area contributed by atoms with Gasteiger partial charge >= 0.3 is 0 Å². The predicted molar refractivity (Wildman–Crippen MR) is 47.3 cm³/mol. The summed E-state index contributed by atoms with van der Waals surface area (Å²) in [6.07, 6.45) is 3.66. The summed E-state index contributed by atoms with van der Waals surface area (Å²) in [6, 6.07) is 0. The third-order valence-electron chi connectivity index (χ3n) is 1.22. The van der Waals surface area contributed by atoms with Crippen LogP contribution in [-0.2, 0) is 4.79 Å². The third kappa shape index (κ3) is 5.64. The summed E-state index contributed by atoms with van der Waals surface area (Å²) >= 11 is 0. The lowest BCUT2D eigenvalue weighted by Crippen LogP contribution is -2.05. The minimum Gasteiger partial charge on any atom is -0.383 e. The smallest absolute Gasteiger partial charge is 0.147 e. The molecule has 0 bridgehead atoms. The number of carbonyl (C=O) groups is 1. The van der Waals surface area contributed by atoms with Gasteiger partial charge in [0.2, 0.25) is 0 Å². The van der Waals surface area contributed by atoms with E-state index in [0.29, 0.717) is 5.92 Å². The second-order valence-corrected chi connectivity index (χ2v) is 3.38.